The van der Waals surface area contributed by atoms with Crippen molar-refractivity contribution < 1.29 is 9.47 Å². The van der Waals surface area contributed by atoms with Crippen LogP contribution in [0.2, 0.25) is 0 Å². The van der Waals surface area contributed by atoms with Gasteiger partial charge >= 0.3 is 0 Å². The van der Waals surface area contributed by atoms with Crippen LogP contribution in [0.15, 0.2) is 58.4 Å². The monoisotopic (exact) mass is 407 g/mol. The van der Waals surface area contributed by atoms with Gasteiger partial charge in [0.05, 0.1) is 0 Å². The SMILES string of the molecule is Cc1cc(CC2=CSC(C3COc4ccccc4O3)=CC2C)c(C)cc1CCN. The number of fused-ring (bicyclic) bond motifs is 1. The summed E-state index contributed by atoms with van der Waals surface area (Å²) in [7, 11) is 0. The van der Waals surface area contributed by atoms with E-state index in [9.17, 15) is 0 Å². The van der Waals surface area contributed by atoms with Crippen molar-refractivity contribution >= 4 is 11.8 Å². The van der Waals surface area contributed by atoms with E-state index in [0.29, 0.717) is 19.1 Å². The maximum Gasteiger partial charge on any atom is 0.164 e. The predicted octanol–water partition coefficient (Wildman–Crippen LogP) is 5.34. The van der Waals surface area contributed by atoms with E-state index in [2.05, 4.69) is 44.4 Å². The highest BCUT2D eigenvalue weighted by atomic mass is 32.2. The Balaban J connectivity index is 1.45. The molecule has 2 unspecified atom stereocenters. The van der Waals surface area contributed by atoms with Gasteiger partial charge in [-0.2, -0.15) is 0 Å². The fourth-order valence-corrected chi connectivity index (χ4v) is 5.10. The first-order valence-corrected chi connectivity index (χ1v) is 11.2. The summed E-state index contributed by atoms with van der Waals surface area (Å²) in [4.78, 5) is 1.24. The van der Waals surface area contributed by atoms with Gasteiger partial charge in [0.1, 0.15) is 6.61 Å². The Labute approximate surface area is 178 Å². The number of benzene rings is 2. The number of nitrogens with two attached hydrogens (primary N) is 1. The molecular formula is C25H29NO2S. The molecule has 2 atom stereocenters. The van der Waals surface area contributed by atoms with Gasteiger partial charge < -0.3 is 15.2 Å². The summed E-state index contributed by atoms with van der Waals surface area (Å²) in [6.45, 7) is 7.93. The Hall–Kier alpha value is -2.17. The van der Waals surface area contributed by atoms with Crippen LogP contribution in [0, 0.1) is 19.8 Å². The third-order valence-electron chi connectivity index (χ3n) is 5.77. The van der Waals surface area contributed by atoms with Crippen molar-refractivity contribution in [1.82, 2.24) is 0 Å². The van der Waals surface area contributed by atoms with E-state index < -0.39 is 0 Å². The highest BCUT2D eigenvalue weighted by Gasteiger charge is 2.27. The number of ether oxygens (including phenoxy) is 2. The molecule has 4 rings (SSSR count). The first-order valence-electron chi connectivity index (χ1n) is 10.3. The lowest BCUT2D eigenvalue weighted by molar-refractivity contribution is 0.120. The Morgan fingerprint density at radius 2 is 1.79 bits per heavy atom. The molecule has 2 N–H and O–H groups in total. The van der Waals surface area contributed by atoms with Crippen LogP contribution >= 0.6 is 11.8 Å². The van der Waals surface area contributed by atoms with Gasteiger partial charge in [-0.05, 0) is 78.9 Å². The van der Waals surface area contributed by atoms with Crippen molar-refractivity contribution in [3.63, 3.8) is 0 Å². The van der Waals surface area contributed by atoms with E-state index in [1.165, 1.54) is 32.7 Å². The fourth-order valence-electron chi connectivity index (χ4n) is 3.96. The predicted molar refractivity (Wildman–Crippen MR) is 122 cm³/mol. The third-order valence-corrected chi connectivity index (χ3v) is 6.87. The second-order valence-electron chi connectivity index (χ2n) is 7.95. The minimum absolute atomic E-state index is 0.0327. The Morgan fingerprint density at radius 3 is 2.55 bits per heavy atom. The van der Waals surface area contributed by atoms with Gasteiger partial charge in [-0.1, -0.05) is 54.6 Å². The summed E-state index contributed by atoms with van der Waals surface area (Å²) in [6.07, 6.45) is 4.24. The molecule has 0 bridgehead atoms. The molecule has 0 aliphatic carbocycles. The molecule has 0 fully saturated rings. The number of para-hydroxylation sites is 2. The number of rotatable bonds is 5. The van der Waals surface area contributed by atoms with Crippen molar-refractivity contribution in [3.8, 4) is 11.5 Å². The zero-order valence-electron chi connectivity index (χ0n) is 17.4. The van der Waals surface area contributed by atoms with Crippen LogP contribution < -0.4 is 15.2 Å². The van der Waals surface area contributed by atoms with Crippen LogP contribution in [-0.2, 0) is 12.8 Å². The van der Waals surface area contributed by atoms with Crippen LogP contribution in [0.25, 0.3) is 0 Å². The Bertz CT molecular complexity index is 963. The fraction of sp³-hybridized carbons (Fsp3) is 0.360. The lowest BCUT2D eigenvalue weighted by Gasteiger charge is -2.30. The average molecular weight is 408 g/mol. The Kier molecular flexibility index (Phi) is 6.02. The second kappa shape index (κ2) is 8.68. The molecule has 4 heteroatoms. The van der Waals surface area contributed by atoms with Crippen LogP contribution in [-0.4, -0.2) is 19.3 Å². The molecule has 0 aromatic heterocycles. The third kappa shape index (κ3) is 4.39. The van der Waals surface area contributed by atoms with Crippen LogP contribution in [0.5, 0.6) is 11.5 Å². The Morgan fingerprint density at radius 1 is 1.07 bits per heavy atom. The number of allylic oxidation sites excluding steroid dienone is 2. The molecule has 2 aliphatic heterocycles. The van der Waals surface area contributed by atoms with Crippen molar-refractivity contribution in [2.45, 2.75) is 39.7 Å². The maximum atomic E-state index is 6.19. The molecule has 2 aromatic carbocycles. The van der Waals surface area contributed by atoms with E-state index in [-0.39, 0.29) is 6.10 Å². The summed E-state index contributed by atoms with van der Waals surface area (Å²) in [5, 5.41) is 2.31. The summed E-state index contributed by atoms with van der Waals surface area (Å²) in [5.74, 6) is 2.05. The van der Waals surface area contributed by atoms with Crippen molar-refractivity contribution in [2.24, 2.45) is 11.7 Å². The largest absolute Gasteiger partial charge is 0.485 e. The molecule has 0 radical (unpaired) electrons. The van der Waals surface area contributed by atoms with Crippen molar-refractivity contribution in [2.75, 3.05) is 13.2 Å². The second-order valence-corrected chi connectivity index (χ2v) is 8.90. The average Bonchev–Trinajstić information content (AvgIpc) is 2.73. The normalized spacial score (nSPS) is 20.8. The summed E-state index contributed by atoms with van der Waals surface area (Å²) < 4.78 is 12.1. The molecular weight excluding hydrogens is 378 g/mol. The molecule has 0 saturated heterocycles. The van der Waals surface area contributed by atoms with Gasteiger partial charge in [0.15, 0.2) is 17.6 Å². The smallest absolute Gasteiger partial charge is 0.164 e. The number of aryl methyl sites for hydroxylation is 2. The molecule has 29 heavy (non-hydrogen) atoms. The van der Waals surface area contributed by atoms with Crippen molar-refractivity contribution in [1.29, 1.82) is 0 Å². The van der Waals surface area contributed by atoms with Gasteiger partial charge in [0.25, 0.3) is 0 Å². The molecule has 2 heterocycles. The van der Waals surface area contributed by atoms with E-state index >= 15 is 0 Å². The lowest BCUT2D eigenvalue weighted by atomic mass is 9.90. The van der Waals surface area contributed by atoms with Gasteiger partial charge in [0, 0.05) is 4.91 Å². The molecule has 0 amide bonds. The minimum atomic E-state index is -0.0327. The van der Waals surface area contributed by atoms with E-state index in [1.54, 1.807) is 11.8 Å². The maximum absolute atomic E-state index is 6.19. The standard InChI is InChI=1S/C25H29NO2S/c1-16-11-20(17(2)10-19(16)8-9-26)13-21-15-29-25(12-18(21)3)24-14-27-22-6-4-5-7-23(22)28-24/h4-7,10-12,15,18,24H,8-9,13-14,26H2,1-3H3. The van der Waals surface area contributed by atoms with Crippen molar-refractivity contribution in [3.05, 3.63) is 80.6 Å². The molecule has 0 spiro atoms. The number of thioether (sulfide) groups is 1. The van der Waals surface area contributed by atoms with Gasteiger partial charge in [-0.3, -0.25) is 0 Å². The quantitative estimate of drug-likeness (QED) is 0.727. The number of hydrogen-bond acceptors (Lipinski definition) is 4. The van der Waals surface area contributed by atoms with Crippen LogP contribution in [0.4, 0.5) is 0 Å². The first kappa shape index (κ1) is 20.1. The summed E-state index contributed by atoms with van der Waals surface area (Å²) >= 11 is 1.77. The zero-order valence-corrected chi connectivity index (χ0v) is 18.2. The summed E-state index contributed by atoms with van der Waals surface area (Å²) in [5.41, 5.74) is 12.7. The topological polar surface area (TPSA) is 44.5 Å². The van der Waals surface area contributed by atoms with E-state index in [0.717, 1.165) is 24.3 Å². The lowest BCUT2D eigenvalue weighted by Crippen LogP contribution is -2.30. The highest BCUT2D eigenvalue weighted by Crippen LogP contribution is 2.39. The molecule has 152 valence electrons. The zero-order chi connectivity index (χ0) is 20.4. The van der Waals surface area contributed by atoms with Gasteiger partial charge in [0.2, 0.25) is 0 Å². The molecule has 2 aliphatic rings. The van der Waals surface area contributed by atoms with Crippen LogP contribution in [0.3, 0.4) is 0 Å². The minimum Gasteiger partial charge on any atom is -0.485 e. The van der Waals surface area contributed by atoms with Gasteiger partial charge in [-0.15, -0.1) is 0 Å². The van der Waals surface area contributed by atoms with E-state index in [4.69, 9.17) is 15.2 Å². The van der Waals surface area contributed by atoms with E-state index in [1.807, 2.05) is 24.3 Å². The summed E-state index contributed by atoms with van der Waals surface area (Å²) in [6, 6.07) is 12.5. The number of hydrogen-bond donors (Lipinski definition) is 1. The molecule has 3 nitrogen and oxygen atoms in total. The first-order chi connectivity index (χ1) is 14.0. The van der Waals surface area contributed by atoms with Gasteiger partial charge in [-0.25, -0.2) is 0 Å². The van der Waals surface area contributed by atoms with Crippen LogP contribution in [0.1, 0.15) is 29.2 Å². The molecule has 2 aromatic rings. The molecule has 0 saturated carbocycles. The highest BCUT2D eigenvalue weighted by molar-refractivity contribution is 8.05.